The Bertz CT molecular complexity index is 1010. The maximum Gasteiger partial charge on any atom is 0.263 e. The number of hydrogen-bond acceptors (Lipinski definition) is 5. The van der Waals surface area contributed by atoms with Crippen LogP contribution in [-0.4, -0.2) is 33.5 Å². The fraction of sp³-hybridized carbons (Fsp3) is 0.545. The number of ether oxygens (including phenoxy) is 1. The summed E-state index contributed by atoms with van der Waals surface area (Å²) in [5.74, 6) is 0.743. The summed E-state index contributed by atoms with van der Waals surface area (Å²) in [5, 5.41) is 6.15. The van der Waals surface area contributed by atoms with E-state index in [2.05, 4.69) is 15.6 Å². The van der Waals surface area contributed by atoms with E-state index in [-0.39, 0.29) is 36.0 Å². The van der Waals surface area contributed by atoms with Gasteiger partial charge in [-0.1, -0.05) is 19.3 Å². The van der Waals surface area contributed by atoms with Crippen LogP contribution in [-0.2, 0) is 16.1 Å². The van der Waals surface area contributed by atoms with E-state index in [1.54, 1.807) is 18.2 Å². The third-order valence-corrected chi connectivity index (χ3v) is 5.80. The first-order valence-electron chi connectivity index (χ1n) is 10.8. The van der Waals surface area contributed by atoms with Gasteiger partial charge in [0.05, 0.1) is 17.0 Å². The van der Waals surface area contributed by atoms with Gasteiger partial charge in [-0.25, -0.2) is 4.98 Å². The van der Waals surface area contributed by atoms with Crippen LogP contribution in [0, 0.1) is 0 Å². The molecule has 2 aliphatic rings. The molecule has 8 heteroatoms. The number of benzene rings is 1. The van der Waals surface area contributed by atoms with Crippen LogP contribution in [0.4, 0.5) is 5.95 Å². The summed E-state index contributed by atoms with van der Waals surface area (Å²) in [7, 11) is 0. The van der Waals surface area contributed by atoms with Crippen molar-refractivity contribution < 1.29 is 14.3 Å². The van der Waals surface area contributed by atoms with Crippen LogP contribution in [0.5, 0.6) is 5.75 Å². The van der Waals surface area contributed by atoms with Crippen molar-refractivity contribution in [3.8, 4) is 5.75 Å². The number of anilines is 1. The number of carbonyl (C=O) groups excluding carboxylic acids is 2. The second-order valence-corrected chi connectivity index (χ2v) is 8.28. The van der Waals surface area contributed by atoms with E-state index in [9.17, 15) is 14.4 Å². The van der Waals surface area contributed by atoms with Gasteiger partial charge in [-0.3, -0.25) is 24.3 Å². The van der Waals surface area contributed by atoms with Crippen molar-refractivity contribution in [3.05, 3.63) is 28.6 Å². The molecule has 1 aromatic heterocycles. The molecule has 0 saturated heterocycles. The first kappa shape index (κ1) is 20.4. The zero-order valence-corrected chi connectivity index (χ0v) is 17.3. The van der Waals surface area contributed by atoms with E-state index >= 15 is 0 Å². The lowest BCUT2D eigenvalue weighted by atomic mass is 9.95. The molecule has 1 aromatic carbocycles. The Hall–Kier alpha value is -2.90. The number of hydrogen-bond donors (Lipinski definition) is 2. The summed E-state index contributed by atoms with van der Waals surface area (Å²) >= 11 is 0. The molecule has 1 aliphatic heterocycles. The monoisotopic (exact) mass is 412 g/mol. The topological polar surface area (TPSA) is 102 Å². The molecule has 2 N–H and O–H groups in total. The Kier molecular flexibility index (Phi) is 6.01. The van der Waals surface area contributed by atoms with Crippen molar-refractivity contribution in [2.75, 3.05) is 5.32 Å². The molecular formula is C22H28N4O4. The van der Waals surface area contributed by atoms with Crippen molar-refractivity contribution in [1.82, 2.24) is 14.9 Å². The van der Waals surface area contributed by atoms with E-state index in [1.165, 1.54) is 23.8 Å². The molecule has 1 saturated carbocycles. The van der Waals surface area contributed by atoms with Gasteiger partial charge in [0.15, 0.2) is 0 Å². The van der Waals surface area contributed by atoms with Crippen LogP contribution in [0.2, 0.25) is 0 Å². The molecule has 0 spiro atoms. The highest BCUT2D eigenvalue weighted by Gasteiger charge is 2.22. The fourth-order valence-corrected chi connectivity index (χ4v) is 4.21. The van der Waals surface area contributed by atoms with Gasteiger partial charge in [0.2, 0.25) is 17.8 Å². The lowest BCUT2D eigenvalue weighted by Crippen LogP contribution is -2.36. The zero-order chi connectivity index (χ0) is 21.1. The molecular weight excluding hydrogens is 384 g/mol. The first-order chi connectivity index (χ1) is 14.5. The predicted octanol–water partition coefficient (Wildman–Crippen LogP) is 2.74. The van der Waals surface area contributed by atoms with E-state index < -0.39 is 0 Å². The standard InChI is InChI=1S/C22H28N4O4/c1-14(6-5-9-19(27)23-15-7-3-2-4-8-15)30-16-10-11-18-17(12-16)21(29)26-13-20(28)25-22(26)24-18/h10-12,14-15H,2-9,13H2,1H3,(H,23,27)(H,24,25,28). The number of aromatic nitrogens is 2. The van der Waals surface area contributed by atoms with Gasteiger partial charge in [-0.2, -0.15) is 0 Å². The van der Waals surface area contributed by atoms with Crippen molar-refractivity contribution in [2.45, 2.75) is 77.0 Å². The summed E-state index contributed by atoms with van der Waals surface area (Å²) in [6.07, 6.45) is 7.78. The van der Waals surface area contributed by atoms with Gasteiger partial charge in [0, 0.05) is 12.5 Å². The highest BCUT2D eigenvalue weighted by Crippen LogP contribution is 2.22. The fourth-order valence-electron chi connectivity index (χ4n) is 4.21. The molecule has 1 aliphatic carbocycles. The van der Waals surface area contributed by atoms with Crippen molar-refractivity contribution in [3.63, 3.8) is 0 Å². The van der Waals surface area contributed by atoms with Crippen molar-refractivity contribution >= 4 is 28.7 Å². The first-order valence-corrected chi connectivity index (χ1v) is 10.8. The lowest BCUT2D eigenvalue weighted by molar-refractivity contribution is -0.122. The molecule has 2 heterocycles. The average Bonchev–Trinajstić information content (AvgIpc) is 3.10. The van der Waals surface area contributed by atoms with Gasteiger partial charge < -0.3 is 10.1 Å². The lowest BCUT2D eigenvalue weighted by Gasteiger charge is -2.22. The molecule has 1 fully saturated rings. The molecule has 2 aromatic rings. The van der Waals surface area contributed by atoms with Crippen LogP contribution in [0.3, 0.4) is 0 Å². The molecule has 160 valence electrons. The van der Waals surface area contributed by atoms with E-state index in [0.717, 1.165) is 25.7 Å². The molecule has 8 nitrogen and oxygen atoms in total. The summed E-state index contributed by atoms with van der Waals surface area (Å²) < 4.78 is 7.30. The Morgan fingerprint density at radius 1 is 1.30 bits per heavy atom. The molecule has 0 radical (unpaired) electrons. The van der Waals surface area contributed by atoms with E-state index in [1.807, 2.05) is 6.92 Å². The summed E-state index contributed by atoms with van der Waals surface area (Å²) in [4.78, 5) is 40.6. The minimum atomic E-state index is -0.258. The molecule has 2 amide bonds. The summed E-state index contributed by atoms with van der Waals surface area (Å²) in [6.45, 7) is 1.95. The van der Waals surface area contributed by atoms with Gasteiger partial charge in [-0.05, 0) is 50.8 Å². The van der Waals surface area contributed by atoms with Gasteiger partial charge in [-0.15, -0.1) is 0 Å². The van der Waals surface area contributed by atoms with Crippen LogP contribution in [0.1, 0.15) is 58.3 Å². The van der Waals surface area contributed by atoms with Gasteiger partial charge >= 0.3 is 0 Å². The number of nitrogens with one attached hydrogen (secondary N) is 2. The molecule has 30 heavy (non-hydrogen) atoms. The van der Waals surface area contributed by atoms with Crippen LogP contribution < -0.4 is 20.9 Å². The quantitative estimate of drug-likeness (QED) is 0.728. The van der Waals surface area contributed by atoms with E-state index in [0.29, 0.717) is 29.1 Å². The summed E-state index contributed by atoms with van der Waals surface area (Å²) in [6, 6.07) is 5.51. The van der Waals surface area contributed by atoms with Crippen LogP contribution >= 0.6 is 0 Å². The number of rotatable bonds is 7. The van der Waals surface area contributed by atoms with Crippen LogP contribution in [0.15, 0.2) is 23.0 Å². The zero-order valence-electron chi connectivity index (χ0n) is 17.3. The molecule has 4 rings (SSSR count). The molecule has 1 atom stereocenters. The third-order valence-electron chi connectivity index (χ3n) is 5.80. The van der Waals surface area contributed by atoms with E-state index in [4.69, 9.17) is 4.74 Å². The number of nitrogens with zero attached hydrogens (tertiary/aromatic N) is 2. The average molecular weight is 412 g/mol. The number of amides is 2. The second-order valence-electron chi connectivity index (χ2n) is 8.28. The number of fused-ring (bicyclic) bond motifs is 2. The SMILES string of the molecule is CC(CCCC(=O)NC1CCCCC1)Oc1ccc2nc3n(c(=O)c2c1)CC(=O)N3. The largest absolute Gasteiger partial charge is 0.491 e. The second kappa shape index (κ2) is 8.85. The maximum atomic E-state index is 12.6. The van der Waals surface area contributed by atoms with Gasteiger partial charge in [0.25, 0.3) is 5.56 Å². The maximum absolute atomic E-state index is 12.6. The normalized spacial score (nSPS) is 17.4. The Labute approximate surface area is 175 Å². The van der Waals surface area contributed by atoms with Crippen molar-refractivity contribution in [2.24, 2.45) is 0 Å². The Balaban J connectivity index is 1.31. The highest BCUT2D eigenvalue weighted by atomic mass is 16.5. The Morgan fingerprint density at radius 3 is 2.90 bits per heavy atom. The number of carbonyl (C=O) groups is 2. The minimum absolute atomic E-state index is 0.0124. The Morgan fingerprint density at radius 2 is 2.10 bits per heavy atom. The highest BCUT2D eigenvalue weighted by molar-refractivity contribution is 5.94. The summed E-state index contributed by atoms with van der Waals surface area (Å²) in [5.41, 5.74) is 0.263. The van der Waals surface area contributed by atoms with Crippen molar-refractivity contribution in [1.29, 1.82) is 0 Å². The molecule has 0 bridgehead atoms. The van der Waals surface area contributed by atoms with Gasteiger partial charge in [0.1, 0.15) is 12.3 Å². The smallest absolute Gasteiger partial charge is 0.263 e. The third kappa shape index (κ3) is 4.63. The molecule has 1 unspecified atom stereocenters. The minimum Gasteiger partial charge on any atom is -0.491 e. The van der Waals surface area contributed by atoms with Crippen LogP contribution in [0.25, 0.3) is 10.9 Å². The predicted molar refractivity (Wildman–Crippen MR) is 114 cm³/mol.